The highest BCUT2D eigenvalue weighted by Crippen LogP contribution is 2.18. The summed E-state index contributed by atoms with van der Waals surface area (Å²) in [4.78, 5) is 11.9. The van der Waals surface area contributed by atoms with E-state index in [0.29, 0.717) is 18.5 Å². The first-order valence-electron chi connectivity index (χ1n) is 7.72. The maximum Gasteiger partial charge on any atom is 0.315 e. The average Bonchev–Trinajstić information content (AvgIpc) is 2.95. The van der Waals surface area contributed by atoms with Gasteiger partial charge in [0.15, 0.2) is 0 Å². The van der Waals surface area contributed by atoms with Crippen LogP contribution >= 0.6 is 0 Å². The highest BCUT2D eigenvalue weighted by Gasteiger charge is 2.21. The fourth-order valence-corrected chi connectivity index (χ4v) is 2.52. The maximum absolute atomic E-state index is 11.9. The van der Waals surface area contributed by atoms with Crippen LogP contribution in [0.1, 0.15) is 45.3 Å². The molecular formula is C15H26N4O2. The molecule has 0 bridgehead atoms. The number of urea groups is 1. The molecule has 2 heterocycles. The molecule has 1 aromatic heterocycles. The van der Waals surface area contributed by atoms with Crippen LogP contribution in [0.3, 0.4) is 0 Å². The third-order valence-electron chi connectivity index (χ3n) is 3.95. The molecule has 0 aromatic carbocycles. The number of hydrogen-bond donors (Lipinski definition) is 2. The van der Waals surface area contributed by atoms with Crippen molar-refractivity contribution in [2.45, 2.75) is 52.2 Å². The summed E-state index contributed by atoms with van der Waals surface area (Å²) < 4.78 is 7.23. The van der Waals surface area contributed by atoms with Gasteiger partial charge < -0.3 is 15.4 Å². The van der Waals surface area contributed by atoms with Crippen LogP contribution in [0.4, 0.5) is 4.79 Å². The SMILES string of the molecule is CC(C)n1ccc(CNC(=O)N[C@@H](C)C2CCOCC2)n1. The second-order valence-electron chi connectivity index (χ2n) is 5.95. The molecule has 1 saturated heterocycles. The van der Waals surface area contributed by atoms with Crippen LogP contribution in [0.2, 0.25) is 0 Å². The minimum absolute atomic E-state index is 0.131. The predicted molar refractivity (Wildman–Crippen MR) is 81.0 cm³/mol. The standard InChI is InChI=1S/C15H26N4O2/c1-11(2)19-7-4-14(18-19)10-16-15(20)17-12(3)13-5-8-21-9-6-13/h4,7,11-13H,5-6,8-10H2,1-3H3,(H2,16,17,20)/t12-/m0/s1. The van der Waals surface area contributed by atoms with E-state index in [1.54, 1.807) is 0 Å². The zero-order valence-corrected chi connectivity index (χ0v) is 13.1. The van der Waals surface area contributed by atoms with E-state index in [1.807, 2.05) is 16.9 Å². The lowest BCUT2D eigenvalue weighted by Crippen LogP contribution is -2.45. The molecule has 2 N–H and O–H groups in total. The molecule has 21 heavy (non-hydrogen) atoms. The quantitative estimate of drug-likeness (QED) is 0.873. The first-order valence-corrected chi connectivity index (χ1v) is 7.72. The number of hydrogen-bond acceptors (Lipinski definition) is 3. The second kappa shape index (κ2) is 7.45. The first-order chi connectivity index (χ1) is 10.1. The molecule has 0 saturated carbocycles. The number of nitrogens with one attached hydrogen (secondary N) is 2. The Morgan fingerprint density at radius 1 is 1.43 bits per heavy atom. The predicted octanol–water partition coefficient (Wildman–Crippen LogP) is 2.08. The van der Waals surface area contributed by atoms with Crippen molar-refractivity contribution < 1.29 is 9.53 Å². The van der Waals surface area contributed by atoms with Crippen LogP contribution < -0.4 is 10.6 Å². The summed E-state index contributed by atoms with van der Waals surface area (Å²) in [6.07, 6.45) is 3.96. The van der Waals surface area contributed by atoms with Crippen LogP contribution in [-0.4, -0.2) is 35.1 Å². The minimum Gasteiger partial charge on any atom is -0.381 e. The van der Waals surface area contributed by atoms with Gasteiger partial charge in [-0.05, 0) is 45.6 Å². The van der Waals surface area contributed by atoms with Crippen molar-refractivity contribution in [1.82, 2.24) is 20.4 Å². The van der Waals surface area contributed by atoms with Crippen molar-refractivity contribution in [2.24, 2.45) is 5.92 Å². The third-order valence-corrected chi connectivity index (χ3v) is 3.95. The van der Waals surface area contributed by atoms with Crippen molar-refractivity contribution in [1.29, 1.82) is 0 Å². The summed E-state index contributed by atoms with van der Waals surface area (Å²) in [6, 6.07) is 2.30. The number of aromatic nitrogens is 2. The molecule has 1 atom stereocenters. The van der Waals surface area contributed by atoms with Gasteiger partial charge in [0.05, 0.1) is 12.2 Å². The topological polar surface area (TPSA) is 68.2 Å². The molecule has 1 aliphatic rings. The van der Waals surface area contributed by atoms with E-state index >= 15 is 0 Å². The van der Waals surface area contributed by atoms with Crippen molar-refractivity contribution in [3.05, 3.63) is 18.0 Å². The normalized spacial score (nSPS) is 17.7. The Bertz CT molecular complexity index is 452. The van der Waals surface area contributed by atoms with E-state index < -0.39 is 0 Å². The Morgan fingerprint density at radius 2 is 2.14 bits per heavy atom. The highest BCUT2D eigenvalue weighted by atomic mass is 16.5. The fraction of sp³-hybridized carbons (Fsp3) is 0.733. The van der Waals surface area contributed by atoms with Crippen LogP contribution in [0.15, 0.2) is 12.3 Å². The molecule has 0 radical (unpaired) electrons. The summed E-state index contributed by atoms with van der Waals surface area (Å²) >= 11 is 0. The number of carbonyl (C=O) groups excluding carboxylic acids is 1. The monoisotopic (exact) mass is 294 g/mol. The largest absolute Gasteiger partial charge is 0.381 e. The van der Waals surface area contributed by atoms with Gasteiger partial charge in [-0.1, -0.05) is 0 Å². The Morgan fingerprint density at radius 3 is 2.76 bits per heavy atom. The summed E-state index contributed by atoms with van der Waals surface area (Å²) in [7, 11) is 0. The van der Waals surface area contributed by atoms with Gasteiger partial charge in [0, 0.05) is 31.5 Å². The molecule has 2 amide bonds. The van der Waals surface area contributed by atoms with Crippen LogP contribution in [0.5, 0.6) is 0 Å². The van der Waals surface area contributed by atoms with Gasteiger partial charge >= 0.3 is 6.03 Å². The van der Waals surface area contributed by atoms with E-state index in [2.05, 4.69) is 36.5 Å². The van der Waals surface area contributed by atoms with Gasteiger partial charge in [0.2, 0.25) is 0 Å². The Balaban J connectivity index is 1.73. The summed E-state index contributed by atoms with van der Waals surface area (Å²) in [5.41, 5.74) is 0.873. The highest BCUT2D eigenvalue weighted by molar-refractivity contribution is 5.74. The smallest absolute Gasteiger partial charge is 0.315 e. The molecule has 0 unspecified atom stereocenters. The summed E-state index contributed by atoms with van der Waals surface area (Å²) in [6.45, 7) is 8.25. The van der Waals surface area contributed by atoms with Gasteiger partial charge in [0.25, 0.3) is 0 Å². The van der Waals surface area contributed by atoms with Crippen molar-refractivity contribution >= 4 is 6.03 Å². The third kappa shape index (κ3) is 4.74. The van der Waals surface area contributed by atoms with E-state index in [4.69, 9.17) is 4.74 Å². The van der Waals surface area contributed by atoms with Gasteiger partial charge in [-0.25, -0.2) is 4.79 Å². The molecule has 2 rings (SSSR count). The second-order valence-corrected chi connectivity index (χ2v) is 5.95. The van der Waals surface area contributed by atoms with Crippen LogP contribution in [0.25, 0.3) is 0 Å². The minimum atomic E-state index is -0.131. The fourth-order valence-electron chi connectivity index (χ4n) is 2.52. The Kier molecular flexibility index (Phi) is 5.61. The molecule has 0 aliphatic carbocycles. The molecule has 6 nitrogen and oxygen atoms in total. The van der Waals surface area contributed by atoms with Gasteiger partial charge in [-0.15, -0.1) is 0 Å². The van der Waals surface area contributed by atoms with Crippen molar-refractivity contribution in [3.8, 4) is 0 Å². The lowest BCUT2D eigenvalue weighted by molar-refractivity contribution is 0.0571. The zero-order valence-electron chi connectivity index (χ0n) is 13.1. The molecule has 1 aromatic rings. The molecule has 6 heteroatoms. The number of rotatable bonds is 5. The van der Waals surface area contributed by atoms with Crippen LogP contribution in [-0.2, 0) is 11.3 Å². The van der Waals surface area contributed by atoms with Gasteiger partial charge in [0.1, 0.15) is 0 Å². The zero-order chi connectivity index (χ0) is 15.2. The van der Waals surface area contributed by atoms with E-state index in [1.165, 1.54) is 0 Å². The number of ether oxygens (including phenoxy) is 1. The lowest BCUT2D eigenvalue weighted by Gasteiger charge is -2.28. The molecule has 1 fully saturated rings. The maximum atomic E-state index is 11.9. The lowest BCUT2D eigenvalue weighted by atomic mass is 9.93. The van der Waals surface area contributed by atoms with Crippen molar-refractivity contribution in [3.63, 3.8) is 0 Å². The number of carbonyl (C=O) groups is 1. The molecule has 118 valence electrons. The molecule has 1 aliphatic heterocycles. The van der Waals surface area contributed by atoms with Crippen LogP contribution in [0, 0.1) is 5.92 Å². The Hall–Kier alpha value is -1.56. The first kappa shape index (κ1) is 15.8. The number of nitrogens with zero attached hydrogens (tertiary/aromatic N) is 2. The van der Waals surface area contributed by atoms with Gasteiger partial charge in [-0.2, -0.15) is 5.10 Å². The van der Waals surface area contributed by atoms with E-state index in [0.717, 1.165) is 31.7 Å². The van der Waals surface area contributed by atoms with E-state index in [9.17, 15) is 4.79 Å². The van der Waals surface area contributed by atoms with Crippen molar-refractivity contribution in [2.75, 3.05) is 13.2 Å². The molecule has 0 spiro atoms. The summed E-state index contributed by atoms with van der Waals surface area (Å²) in [5, 5.41) is 10.3. The number of amides is 2. The Labute approximate surface area is 126 Å². The average molecular weight is 294 g/mol. The summed E-state index contributed by atoms with van der Waals surface area (Å²) in [5.74, 6) is 0.504. The van der Waals surface area contributed by atoms with E-state index in [-0.39, 0.29) is 12.1 Å². The van der Waals surface area contributed by atoms with Gasteiger partial charge in [-0.3, -0.25) is 4.68 Å². The molecular weight excluding hydrogens is 268 g/mol.